The van der Waals surface area contributed by atoms with Crippen molar-refractivity contribution < 1.29 is 17.9 Å². The zero-order valence-electron chi connectivity index (χ0n) is 26.8. The van der Waals surface area contributed by atoms with Crippen LogP contribution in [-0.2, 0) is 17.8 Å². The normalized spacial score (nSPS) is 23.2. The summed E-state index contributed by atoms with van der Waals surface area (Å²) in [6, 6.07) is 12.8. The van der Waals surface area contributed by atoms with Gasteiger partial charge in [0.2, 0.25) is 0 Å². The van der Waals surface area contributed by atoms with Crippen LogP contribution in [0.25, 0.3) is 0 Å². The van der Waals surface area contributed by atoms with E-state index in [0.29, 0.717) is 17.4 Å². The molecular formula is C39H55F3O. The number of allylic oxidation sites excluding steroid dienone is 2. The van der Waals surface area contributed by atoms with E-state index in [0.717, 1.165) is 36.7 Å². The lowest BCUT2D eigenvalue weighted by Crippen LogP contribution is -2.24. The molecule has 0 spiro atoms. The van der Waals surface area contributed by atoms with Crippen LogP contribution in [0.4, 0.5) is 13.2 Å². The summed E-state index contributed by atoms with van der Waals surface area (Å²) in [7, 11) is 0. The van der Waals surface area contributed by atoms with Crippen LogP contribution in [0.5, 0.6) is 0 Å². The van der Waals surface area contributed by atoms with E-state index in [-0.39, 0.29) is 5.56 Å². The molecule has 1 nitrogen and oxygen atoms in total. The summed E-state index contributed by atoms with van der Waals surface area (Å²) in [5.41, 5.74) is 2.98. The van der Waals surface area contributed by atoms with Crippen molar-refractivity contribution in [1.82, 2.24) is 0 Å². The second-order valence-electron chi connectivity index (χ2n) is 13.5. The highest BCUT2D eigenvalue weighted by molar-refractivity contribution is 5.28. The smallest absolute Gasteiger partial charge is 0.315 e. The molecule has 2 saturated carbocycles. The largest absolute Gasteiger partial charge is 0.360 e. The van der Waals surface area contributed by atoms with Crippen molar-refractivity contribution in [3.05, 3.63) is 82.7 Å². The maximum absolute atomic E-state index is 14.9. The van der Waals surface area contributed by atoms with Crippen LogP contribution < -0.4 is 0 Å². The second kappa shape index (κ2) is 17.4. The third-order valence-corrected chi connectivity index (χ3v) is 10.2. The van der Waals surface area contributed by atoms with Gasteiger partial charge in [-0.2, -0.15) is 8.78 Å². The summed E-state index contributed by atoms with van der Waals surface area (Å²) >= 11 is 0. The molecule has 43 heavy (non-hydrogen) atoms. The first kappa shape index (κ1) is 33.8. The molecule has 2 aliphatic rings. The fourth-order valence-electron chi connectivity index (χ4n) is 7.42. The molecule has 0 bridgehead atoms. The van der Waals surface area contributed by atoms with Gasteiger partial charge >= 0.3 is 6.11 Å². The summed E-state index contributed by atoms with van der Waals surface area (Å²) in [6.07, 6.45) is 20.3. The first-order chi connectivity index (χ1) is 20.9. The molecule has 2 aromatic rings. The zero-order valence-corrected chi connectivity index (χ0v) is 26.8. The Kier molecular flexibility index (Phi) is 13.7. The van der Waals surface area contributed by atoms with Crippen molar-refractivity contribution in [2.45, 2.75) is 148 Å². The fourth-order valence-corrected chi connectivity index (χ4v) is 7.42. The van der Waals surface area contributed by atoms with Crippen molar-refractivity contribution in [3.63, 3.8) is 0 Å². The summed E-state index contributed by atoms with van der Waals surface area (Å²) < 4.78 is 49.4. The molecule has 2 fully saturated rings. The quantitative estimate of drug-likeness (QED) is 0.138. The highest BCUT2D eigenvalue weighted by Crippen LogP contribution is 2.39. The highest BCUT2D eigenvalue weighted by atomic mass is 19.3. The lowest BCUT2D eigenvalue weighted by Gasteiger charge is -2.29. The average Bonchev–Trinajstić information content (AvgIpc) is 3.01. The molecular weight excluding hydrogens is 541 g/mol. The van der Waals surface area contributed by atoms with E-state index in [1.807, 2.05) is 30.3 Å². The molecule has 0 saturated heterocycles. The van der Waals surface area contributed by atoms with E-state index in [1.165, 1.54) is 89.0 Å². The number of ether oxygens (including phenoxy) is 1. The summed E-state index contributed by atoms with van der Waals surface area (Å²) in [5, 5.41) is 0. The van der Waals surface area contributed by atoms with Crippen LogP contribution in [0.1, 0.15) is 151 Å². The van der Waals surface area contributed by atoms with E-state index in [9.17, 15) is 13.2 Å². The number of hydrogen-bond donors (Lipinski definition) is 0. The first-order valence-electron chi connectivity index (χ1n) is 17.4. The Morgan fingerprint density at radius 2 is 1.37 bits per heavy atom. The molecule has 4 rings (SSSR count). The molecule has 0 atom stereocenters. The van der Waals surface area contributed by atoms with Gasteiger partial charge in [-0.25, -0.2) is 4.39 Å². The van der Waals surface area contributed by atoms with Gasteiger partial charge in [0.05, 0.1) is 13.0 Å². The van der Waals surface area contributed by atoms with Crippen LogP contribution in [-0.4, -0.2) is 6.11 Å². The SMILES string of the molecule is C/C=C/CCC1CCC(c2ccc(COC(F)(F)Cc3ccc(C4CCC(CCCCCCC)CC4)cc3)c(F)c2)CC1. The van der Waals surface area contributed by atoms with Crippen LogP contribution in [0, 0.1) is 17.7 Å². The Bertz CT molecular complexity index is 1090. The molecule has 0 amide bonds. The van der Waals surface area contributed by atoms with Crippen LogP contribution in [0.15, 0.2) is 54.6 Å². The summed E-state index contributed by atoms with van der Waals surface area (Å²) in [4.78, 5) is 0. The number of alkyl halides is 2. The monoisotopic (exact) mass is 596 g/mol. The lowest BCUT2D eigenvalue weighted by atomic mass is 9.77. The van der Waals surface area contributed by atoms with Gasteiger partial charge in [0.25, 0.3) is 0 Å². The predicted octanol–water partition coefficient (Wildman–Crippen LogP) is 12.4. The number of rotatable bonds is 16. The van der Waals surface area contributed by atoms with E-state index in [4.69, 9.17) is 4.74 Å². The van der Waals surface area contributed by atoms with Gasteiger partial charge in [-0.3, -0.25) is 0 Å². The van der Waals surface area contributed by atoms with Gasteiger partial charge < -0.3 is 4.74 Å². The minimum atomic E-state index is -3.35. The molecule has 4 heteroatoms. The second-order valence-corrected chi connectivity index (χ2v) is 13.5. The average molecular weight is 597 g/mol. The molecule has 2 aromatic carbocycles. The van der Waals surface area contributed by atoms with E-state index >= 15 is 0 Å². The minimum Gasteiger partial charge on any atom is -0.315 e. The Hall–Kier alpha value is -2.07. The Morgan fingerprint density at radius 3 is 2.00 bits per heavy atom. The number of hydrogen-bond acceptors (Lipinski definition) is 1. The number of halogens is 3. The maximum atomic E-state index is 14.9. The van der Waals surface area contributed by atoms with E-state index < -0.39 is 25.0 Å². The van der Waals surface area contributed by atoms with Crippen molar-refractivity contribution in [1.29, 1.82) is 0 Å². The molecule has 0 N–H and O–H groups in total. The van der Waals surface area contributed by atoms with Crippen molar-refractivity contribution in [2.75, 3.05) is 0 Å². The van der Waals surface area contributed by atoms with Gasteiger partial charge in [0.1, 0.15) is 5.82 Å². The van der Waals surface area contributed by atoms with E-state index in [1.54, 1.807) is 12.1 Å². The highest BCUT2D eigenvalue weighted by Gasteiger charge is 2.31. The van der Waals surface area contributed by atoms with Gasteiger partial charge in [0.15, 0.2) is 0 Å². The lowest BCUT2D eigenvalue weighted by molar-refractivity contribution is -0.244. The third-order valence-electron chi connectivity index (χ3n) is 10.2. The molecule has 0 heterocycles. The predicted molar refractivity (Wildman–Crippen MR) is 173 cm³/mol. The standard InChI is InChI=1S/C39H55F3O/c1-3-5-7-8-10-12-31-13-19-33(20-14-31)34-23-17-32(18-24-34)28-39(41,42)43-29-37-26-25-36(27-38(37)40)35-21-15-30(16-22-35)11-9-6-4-2/h4,6,17-18,23-27,30-31,33,35H,3,5,7-16,19-22,28-29H2,1-2H3/b6-4+. The van der Waals surface area contributed by atoms with Crippen LogP contribution in [0.2, 0.25) is 0 Å². The van der Waals surface area contributed by atoms with Gasteiger partial charge in [0, 0.05) is 5.56 Å². The maximum Gasteiger partial charge on any atom is 0.360 e. The van der Waals surface area contributed by atoms with Crippen LogP contribution in [0.3, 0.4) is 0 Å². The Morgan fingerprint density at radius 1 is 0.767 bits per heavy atom. The molecule has 0 aliphatic heterocycles. The third kappa shape index (κ3) is 11.1. The van der Waals surface area contributed by atoms with Crippen molar-refractivity contribution in [2.24, 2.45) is 11.8 Å². The summed E-state index contributed by atoms with van der Waals surface area (Å²) in [6.45, 7) is 3.88. The molecule has 0 aromatic heterocycles. The topological polar surface area (TPSA) is 9.23 Å². The Balaban J connectivity index is 1.19. The zero-order chi connectivity index (χ0) is 30.5. The van der Waals surface area contributed by atoms with Crippen molar-refractivity contribution >= 4 is 0 Å². The first-order valence-corrected chi connectivity index (χ1v) is 17.4. The number of unbranched alkanes of at least 4 members (excludes halogenated alkanes) is 4. The van der Waals surface area contributed by atoms with Gasteiger partial charge in [-0.05, 0) is 118 Å². The van der Waals surface area contributed by atoms with E-state index in [2.05, 4.69) is 26.0 Å². The molecule has 0 unspecified atom stereocenters. The molecule has 238 valence electrons. The van der Waals surface area contributed by atoms with Crippen molar-refractivity contribution in [3.8, 4) is 0 Å². The molecule has 0 radical (unpaired) electrons. The Labute approximate surface area is 259 Å². The van der Waals surface area contributed by atoms with Gasteiger partial charge in [-0.1, -0.05) is 94.0 Å². The number of benzene rings is 2. The molecule has 2 aliphatic carbocycles. The summed E-state index contributed by atoms with van der Waals surface area (Å²) in [5.74, 6) is 2.04. The van der Waals surface area contributed by atoms with Gasteiger partial charge in [-0.15, -0.1) is 0 Å². The van der Waals surface area contributed by atoms with Crippen LogP contribution >= 0.6 is 0 Å². The fraction of sp³-hybridized carbons (Fsp3) is 0.641. The minimum absolute atomic E-state index is 0.190.